The standard InChI is InChI=1S/C15H24N2O/c1-2-14-16-10-11-17(14)12-13-6-9-15(18-13)7-4-3-5-8-15/h10-11,13H,2-9,12H2,1H3. The van der Waals surface area contributed by atoms with Gasteiger partial charge in [-0.05, 0) is 25.7 Å². The normalized spacial score (nSPS) is 26.8. The van der Waals surface area contributed by atoms with Gasteiger partial charge in [-0.3, -0.25) is 0 Å². The van der Waals surface area contributed by atoms with Crippen LogP contribution < -0.4 is 0 Å². The van der Waals surface area contributed by atoms with Gasteiger partial charge in [-0.15, -0.1) is 0 Å². The predicted molar refractivity (Wildman–Crippen MR) is 71.5 cm³/mol. The molecule has 18 heavy (non-hydrogen) atoms. The lowest BCUT2D eigenvalue weighted by Crippen LogP contribution is -2.32. The molecular weight excluding hydrogens is 224 g/mol. The van der Waals surface area contributed by atoms with Gasteiger partial charge in [0.2, 0.25) is 0 Å². The molecule has 0 bridgehead atoms. The maximum absolute atomic E-state index is 6.41. The van der Waals surface area contributed by atoms with Gasteiger partial charge in [-0.2, -0.15) is 0 Å². The van der Waals surface area contributed by atoms with Crippen LogP contribution >= 0.6 is 0 Å². The fourth-order valence-electron chi connectivity index (χ4n) is 3.63. The molecule has 3 nitrogen and oxygen atoms in total. The number of hydrogen-bond donors (Lipinski definition) is 0. The van der Waals surface area contributed by atoms with E-state index in [9.17, 15) is 0 Å². The number of hydrogen-bond acceptors (Lipinski definition) is 2. The summed E-state index contributed by atoms with van der Waals surface area (Å²) in [5.41, 5.74) is 0.246. The Morgan fingerprint density at radius 2 is 2.17 bits per heavy atom. The number of imidazole rings is 1. The topological polar surface area (TPSA) is 27.1 Å². The SMILES string of the molecule is CCc1nccn1CC1CCC2(CCCCC2)O1. The molecule has 1 saturated heterocycles. The summed E-state index contributed by atoms with van der Waals surface area (Å²) in [5, 5.41) is 0. The van der Waals surface area contributed by atoms with Gasteiger partial charge >= 0.3 is 0 Å². The summed E-state index contributed by atoms with van der Waals surface area (Å²) in [6, 6.07) is 0. The third kappa shape index (κ3) is 2.33. The molecule has 3 rings (SSSR count). The molecule has 1 saturated carbocycles. The quantitative estimate of drug-likeness (QED) is 0.820. The van der Waals surface area contributed by atoms with Gasteiger partial charge in [0.05, 0.1) is 18.2 Å². The van der Waals surface area contributed by atoms with Gasteiger partial charge in [0.15, 0.2) is 0 Å². The van der Waals surface area contributed by atoms with E-state index in [1.165, 1.54) is 50.8 Å². The monoisotopic (exact) mass is 248 g/mol. The summed E-state index contributed by atoms with van der Waals surface area (Å²) in [4.78, 5) is 4.39. The van der Waals surface area contributed by atoms with Gasteiger partial charge in [0.1, 0.15) is 5.82 Å². The lowest BCUT2D eigenvalue weighted by Gasteiger charge is -2.33. The third-order valence-electron chi connectivity index (χ3n) is 4.62. The highest BCUT2D eigenvalue weighted by atomic mass is 16.5. The number of ether oxygens (including phenoxy) is 1. The second-order valence-corrected chi connectivity index (χ2v) is 5.87. The van der Waals surface area contributed by atoms with Crippen molar-refractivity contribution in [1.82, 2.24) is 9.55 Å². The van der Waals surface area contributed by atoms with Crippen molar-refractivity contribution < 1.29 is 4.74 Å². The van der Waals surface area contributed by atoms with Crippen LogP contribution in [0.4, 0.5) is 0 Å². The van der Waals surface area contributed by atoms with Gasteiger partial charge < -0.3 is 9.30 Å². The number of rotatable bonds is 3. The zero-order valence-corrected chi connectivity index (χ0v) is 11.4. The smallest absolute Gasteiger partial charge is 0.108 e. The summed E-state index contributed by atoms with van der Waals surface area (Å²) in [6.07, 6.45) is 14.6. The van der Waals surface area contributed by atoms with E-state index >= 15 is 0 Å². The molecule has 0 amide bonds. The van der Waals surface area contributed by atoms with Crippen LogP contribution in [0.2, 0.25) is 0 Å². The van der Waals surface area contributed by atoms with Crippen LogP contribution in [0.3, 0.4) is 0 Å². The van der Waals surface area contributed by atoms with Crippen molar-refractivity contribution >= 4 is 0 Å². The molecule has 1 aromatic heterocycles. The molecule has 1 atom stereocenters. The van der Waals surface area contributed by atoms with E-state index < -0.39 is 0 Å². The van der Waals surface area contributed by atoms with E-state index in [2.05, 4.69) is 22.7 Å². The van der Waals surface area contributed by atoms with Crippen molar-refractivity contribution in [2.24, 2.45) is 0 Å². The molecule has 2 aliphatic rings. The fourth-order valence-corrected chi connectivity index (χ4v) is 3.63. The number of aromatic nitrogens is 2. The van der Waals surface area contributed by atoms with Crippen molar-refractivity contribution in [3.8, 4) is 0 Å². The molecule has 2 heterocycles. The average molecular weight is 248 g/mol. The molecule has 1 aliphatic carbocycles. The van der Waals surface area contributed by atoms with Crippen molar-refractivity contribution in [2.45, 2.75) is 76.5 Å². The van der Waals surface area contributed by atoms with Crippen LogP contribution in [0.5, 0.6) is 0 Å². The lowest BCUT2D eigenvalue weighted by atomic mass is 9.83. The number of nitrogens with zero attached hydrogens (tertiary/aromatic N) is 2. The Hall–Kier alpha value is -0.830. The molecular formula is C15H24N2O. The summed E-state index contributed by atoms with van der Waals surface area (Å²) < 4.78 is 8.68. The van der Waals surface area contributed by atoms with Gasteiger partial charge in [-0.1, -0.05) is 26.2 Å². The van der Waals surface area contributed by atoms with Crippen molar-refractivity contribution in [3.63, 3.8) is 0 Å². The Balaban J connectivity index is 1.62. The first-order valence-corrected chi connectivity index (χ1v) is 7.49. The first kappa shape index (κ1) is 12.2. The van der Waals surface area contributed by atoms with Crippen molar-refractivity contribution in [3.05, 3.63) is 18.2 Å². The molecule has 1 aliphatic heterocycles. The molecule has 0 radical (unpaired) electrons. The summed E-state index contributed by atoms with van der Waals surface area (Å²) in [5.74, 6) is 1.18. The average Bonchev–Trinajstić information content (AvgIpc) is 2.99. The maximum atomic E-state index is 6.41. The van der Waals surface area contributed by atoms with E-state index in [1.807, 2.05) is 6.20 Å². The van der Waals surface area contributed by atoms with Gasteiger partial charge in [-0.25, -0.2) is 4.98 Å². The maximum Gasteiger partial charge on any atom is 0.108 e. The minimum Gasteiger partial charge on any atom is -0.370 e. The van der Waals surface area contributed by atoms with Crippen LogP contribution in [0, 0.1) is 0 Å². The van der Waals surface area contributed by atoms with E-state index in [0.717, 1.165) is 13.0 Å². The largest absolute Gasteiger partial charge is 0.370 e. The summed E-state index contributed by atoms with van der Waals surface area (Å²) in [7, 11) is 0. The highest BCUT2D eigenvalue weighted by molar-refractivity contribution is 4.95. The zero-order valence-electron chi connectivity index (χ0n) is 11.4. The Labute approximate surface area is 110 Å². The van der Waals surface area contributed by atoms with Crippen molar-refractivity contribution in [2.75, 3.05) is 0 Å². The van der Waals surface area contributed by atoms with E-state index in [1.54, 1.807) is 0 Å². The van der Waals surface area contributed by atoms with E-state index in [-0.39, 0.29) is 5.60 Å². The van der Waals surface area contributed by atoms with Crippen molar-refractivity contribution in [1.29, 1.82) is 0 Å². The molecule has 1 spiro atoms. The highest BCUT2D eigenvalue weighted by Crippen LogP contribution is 2.42. The minimum absolute atomic E-state index is 0.246. The Morgan fingerprint density at radius 1 is 1.33 bits per heavy atom. The Bertz CT molecular complexity index is 393. The molecule has 0 aromatic carbocycles. The third-order valence-corrected chi connectivity index (χ3v) is 4.62. The van der Waals surface area contributed by atoms with Crippen LogP contribution in [0.15, 0.2) is 12.4 Å². The lowest BCUT2D eigenvalue weighted by molar-refractivity contribution is -0.0681. The molecule has 0 N–H and O–H groups in total. The second-order valence-electron chi connectivity index (χ2n) is 5.87. The minimum atomic E-state index is 0.246. The first-order chi connectivity index (χ1) is 8.81. The molecule has 3 heteroatoms. The van der Waals surface area contributed by atoms with Crippen LogP contribution in [-0.4, -0.2) is 21.3 Å². The van der Waals surface area contributed by atoms with Gasteiger partial charge in [0.25, 0.3) is 0 Å². The molecule has 1 aromatic rings. The highest BCUT2D eigenvalue weighted by Gasteiger charge is 2.40. The second kappa shape index (κ2) is 5.04. The summed E-state index contributed by atoms with van der Waals surface area (Å²) >= 11 is 0. The first-order valence-electron chi connectivity index (χ1n) is 7.49. The Morgan fingerprint density at radius 3 is 2.94 bits per heavy atom. The molecule has 1 unspecified atom stereocenters. The summed E-state index contributed by atoms with van der Waals surface area (Å²) in [6.45, 7) is 3.15. The van der Waals surface area contributed by atoms with Crippen LogP contribution in [0.25, 0.3) is 0 Å². The van der Waals surface area contributed by atoms with Crippen LogP contribution in [-0.2, 0) is 17.7 Å². The predicted octanol–water partition coefficient (Wildman–Crippen LogP) is 3.33. The van der Waals surface area contributed by atoms with E-state index in [0.29, 0.717) is 6.10 Å². The van der Waals surface area contributed by atoms with Gasteiger partial charge in [0, 0.05) is 18.8 Å². The zero-order chi connectivity index (χ0) is 12.4. The molecule has 100 valence electrons. The Kier molecular flexibility index (Phi) is 3.42. The van der Waals surface area contributed by atoms with Crippen LogP contribution in [0.1, 0.15) is 57.7 Å². The fraction of sp³-hybridized carbons (Fsp3) is 0.800. The number of aryl methyl sites for hydroxylation is 1. The van der Waals surface area contributed by atoms with E-state index in [4.69, 9.17) is 4.74 Å². The molecule has 2 fully saturated rings.